The van der Waals surface area contributed by atoms with Gasteiger partial charge in [-0.25, -0.2) is 4.79 Å². The van der Waals surface area contributed by atoms with Crippen LogP contribution in [0.3, 0.4) is 0 Å². The molecule has 0 aliphatic carbocycles. The topological polar surface area (TPSA) is 73.6 Å². The molecule has 3 N–H and O–H groups in total. The summed E-state index contributed by atoms with van der Waals surface area (Å²) in [6.45, 7) is 4.93. The first kappa shape index (κ1) is 13.7. The molecular weight excluding hydrogens is 244 g/mol. The molecule has 0 spiro atoms. The second-order valence-electron chi connectivity index (χ2n) is 4.64. The van der Waals surface area contributed by atoms with E-state index in [2.05, 4.69) is 5.32 Å². The van der Waals surface area contributed by atoms with Gasteiger partial charge in [-0.2, -0.15) is 0 Å². The Morgan fingerprint density at radius 3 is 2.95 bits per heavy atom. The van der Waals surface area contributed by atoms with Gasteiger partial charge in [0.15, 0.2) is 0 Å². The molecule has 1 saturated heterocycles. The van der Waals surface area contributed by atoms with Crippen LogP contribution in [0.4, 0.5) is 11.4 Å². The third-order valence-corrected chi connectivity index (χ3v) is 3.28. The van der Waals surface area contributed by atoms with Crippen molar-refractivity contribution in [1.82, 2.24) is 0 Å². The van der Waals surface area contributed by atoms with Crippen LogP contribution in [0.2, 0.25) is 0 Å². The van der Waals surface area contributed by atoms with Crippen LogP contribution in [0.15, 0.2) is 18.2 Å². The lowest BCUT2D eigenvalue weighted by atomic mass is 10.1. The molecule has 1 aromatic rings. The molecule has 0 bridgehead atoms. The predicted octanol–water partition coefficient (Wildman–Crippen LogP) is 2.03. The number of anilines is 2. The summed E-state index contributed by atoms with van der Waals surface area (Å²) in [5, 5.41) is 3.35. The zero-order valence-electron chi connectivity index (χ0n) is 11.3. The number of carbonyl (C=O) groups is 1. The first-order valence-corrected chi connectivity index (χ1v) is 6.56. The van der Waals surface area contributed by atoms with Gasteiger partial charge in [-0.1, -0.05) is 0 Å². The Kier molecular flexibility index (Phi) is 4.27. The van der Waals surface area contributed by atoms with Crippen molar-refractivity contribution in [3.8, 4) is 0 Å². The van der Waals surface area contributed by atoms with Gasteiger partial charge in [0.25, 0.3) is 0 Å². The highest BCUT2D eigenvalue weighted by atomic mass is 16.5. The molecule has 19 heavy (non-hydrogen) atoms. The van der Waals surface area contributed by atoms with E-state index < -0.39 is 0 Å². The summed E-state index contributed by atoms with van der Waals surface area (Å²) in [5.74, 6) is -0.349. The van der Waals surface area contributed by atoms with Crippen LogP contribution in [0, 0.1) is 0 Å². The summed E-state index contributed by atoms with van der Waals surface area (Å²) in [6.07, 6.45) is 1.13. The molecule has 0 amide bonds. The number of nitrogen functional groups attached to an aromatic ring is 1. The molecule has 1 fully saturated rings. The number of benzene rings is 1. The van der Waals surface area contributed by atoms with Gasteiger partial charge < -0.3 is 20.5 Å². The van der Waals surface area contributed by atoms with E-state index in [9.17, 15) is 4.79 Å². The molecule has 5 heteroatoms. The minimum Gasteiger partial charge on any atom is -0.462 e. The minimum absolute atomic E-state index is 0.170. The first-order valence-electron chi connectivity index (χ1n) is 6.56. The van der Waals surface area contributed by atoms with E-state index >= 15 is 0 Å². The van der Waals surface area contributed by atoms with Gasteiger partial charge in [0.2, 0.25) is 0 Å². The van der Waals surface area contributed by atoms with E-state index in [0.717, 1.165) is 18.7 Å². The second kappa shape index (κ2) is 5.93. The zero-order valence-corrected chi connectivity index (χ0v) is 11.3. The van der Waals surface area contributed by atoms with Gasteiger partial charge in [-0.05, 0) is 38.5 Å². The monoisotopic (exact) mass is 264 g/mol. The average Bonchev–Trinajstić information content (AvgIpc) is 2.78. The van der Waals surface area contributed by atoms with E-state index in [-0.39, 0.29) is 18.1 Å². The Hall–Kier alpha value is -1.75. The van der Waals surface area contributed by atoms with E-state index in [1.54, 1.807) is 19.1 Å². The molecule has 1 heterocycles. The second-order valence-corrected chi connectivity index (χ2v) is 4.64. The molecule has 1 aromatic carbocycles. The molecule has 2 rings (SSSR count). The van der Waals surface area contributed by atoms with Crippen molar-refractivity contribution in [1.29, 1.82) is 0 Å². The lowest BCUT2D eigenvalue weighted by Crippen LogP contribution is -2.27. The quantitative estimate of drug-likeness (QED) is 0.643. The van der Waals surface area contributed by atoms with Gasteiger partial charge in [0.1, 0.15) is 0 Å². The summed E-state index contributed by atoms with van der Waals surface area (Å²) in [4.78, 5) is 11.6. The average molecular weight is 264 g/mol. The fraction of sp³-hybridized carbons (Fsp3) is 0.500. The zero-order chi connectivity index (χ0) is 13.8. The lowest BCUT2D eigenvalue weighted by molar-refractivity contribution is 0.0526. The summed E-state index contributed by atoms with van der Waals surface area (Å²) >= 11 is 0. The van der Waals surface area contributed by atoms with Gasteiger partial charge in [-0.3, -0.25) is 0 Å². The third kappa shape index (κ3) is 3.17. The molecule has 1 aliphatic rings. The lowest BCUT2D eigenvalue weighted by Gasteiger charge is -2.19. The molecule has 2 unspecified atom stereocenters. The molecule has 5 nitrogen and oxygen atoms in total. The van der Waals surface area contributed by atoms with E-state index in [0.29, 0.717) is 17.9 Å². The van der Waals surface area contributed by atoms with Crippen LogP contribution < -0.4 is 11.1 Å². The predicted molar refractivity (Wildman–Crippen MR) is 74.3 cm³/mol. The Balaban J connectivity index is 2.08. The smallest absolute Gasteiger partial charge is 0.338 e. The highest BCUT2D eigenvalue weighted by Gasteiger charge is 2.24. The molecule has 2 atom stereocenters. The van der Waals surface area contributed by atoms with Gasteiger partial charge in [0, 0.05) is 6.61 Å². The van der Waals surface area contributed by atoms with E-state index in [1.807, 2.05) is 13.0 Å². The third-order valence-electron chi connectivity index (χ3n) is 3.28. The largest absolute Gasteiger partial charge is 0.462 e. The first-order chi connectivity index (χ1) is 9.11. The number of rotatable bonds is 4. The minimum atomic E-state index is -0.349. The molecule has 0 saturated carbocycles. The summed E-state index contributed by atoms with van der Waals surface area (Å²) < 4.78 is 10.4. The van der Waals surface area contributed by atoms with Crippen molar-refractivity contribution in [3.63, 3.8) is 0 Å². The summed E-state index contributed by atoms with van der Waals surface area (Å²) in [7, 11) is 0. The van der Waals surface area contributed by atoms with Crippen molar-refractivity contribution in [2.24, 2.45) is 0 Å². The maximum atomic E-state index is 11.6. The summed E-state index contributed by atoms with van der Waals surface area (Å²) in [5.41, 5.74) is 7.82. The van der Waals surface area contributed by atoms with Gasteiger partial charge >= 0.3 is 5.97 Å². The molecule has 0 radical (unpaired) electrons. The fourth-order valence-corrected chi connectivity index (χ4v) is 2.16. The SMILES string of the molecule is CCOC(=O)c1ccc(NC2CCOC2C)c(N)c1. The van der Waals surface area contributed by atoms with Crippen LogP contribution in [-0.4, -0.2) is 31.3 Å². The Labute approximate surface area is 113 Å². The van der Waals surface area contributed by atoms with Crippen LogP contribution in [0.1, 0.15) is 30.6 Å². The highest BCUT2D eigenvalue weighted by molar-refractivity contribution is 5.92. The molecular formula is C14H20N2O3. The number of nitrogens with two attached hydrogens (primary N) is 1. The standard InChI is InChI=1S/C14H20N2O3/c1-3-18-14(17)10-4-5-13(11(15)8-10)16-12-6-7-19-9(12)2/h4-5,8-9,12,16H,3,6-7,15H2,1-2H3. The number of esters is 1. The molecule has 0 aromatic heterocycles. The maximum absolute atomic E-state index is 11.6. The number of nitrogens with one attached hydrogen (secondary N) is 1. The van der Waals surface area contributed by atoms with Crippen LogP contribution >= 0.6 is 0 Å². The van der Waals surface area contributed by atoms with Crippen molar-refractivity contribution < 1.29 is 14.3 Å². The number of ether oxygens (including phenoxy) is 2. The number of carbonyl (C=O) groups excluding carboxylic acids is 1. The fourth-order valence-electron chi connectivity index (χ4n) is 2.16. The van der Waals surface area contributed by atoms with Crippen molar-refractivity contribution in [3.05, 3.63) is 23.8 Å². The van der Waals surface area contributed by atoms with Crippen LogP contribution in [-0.2, 0) is 9.47 Å². The normalized spacial score (nSPS) is 22.2. The Morgan fingerprint density at radius 2 is 2.37 bits per heavy atom. The highest BCUT2D eigenvalue weighted by Crippen LogP contribution is 2.25. The Morgan fingerprint density at radius 1 is 1.58 bits per heavy atom. The van der Waals surface area contributed by atoms with Crippen LogP contribution in [0.25, 0.3) is 0 Å². The Bertz CT molecular complexity index is 462. The van der Waals surface area contributed by atoms with Gasteiger partial charge in [-0.15, -0.1) is 0 Å². The van der Waals surface area contributed by atoms with Crippen molar-refractivity contribution >= 4 is 17.3 Å². The maximum Gasteiger partial charge on any atom is 0.338 e. The van der Waals surface area contributed by atoms with E-state index in [1.165, 1.54) is 0 Å². The van der Waals surface area contributed by atoms with Gasteiger partial charge in [0.05, 0.1) is 35.7 Å². The van der Waals surface area contributed by atoms with E-state index in [4.69, 9.17) is 15.2 Å². The number of hydrogen-bond acceptors (Lipinski definition) is 5. The molecule has 1 aliphatic heterocycles. The molecule has 104 valence electrons. The summed E-state index contributed by atoms with van der Waals surface area (Å²) in [6, 6.07) is 5.43. The van der Waals surface area contributed by atoms with Crippen LogP contribution in [0.5, 0.6) is 0 Å². The number of hydrogen-bond donors (Lipinski definition) is 2. The van der Waals surface area contributed by atoms with Crippen molar-refractivity contribution in [2.75, 3.05) is 24.3 Å². The van der Waals surface area contributed by atoms with Crippen molar-refractivity contribution in [2.45, 2.75) is 32.4 Å².